The highest BCUT2D eigenvalue weighted by Crippen LogP contribution is 2.42. The van der Waals surface area contributed by atoms with Gasteiger partial charge in [0.05, 0.1) is 12.7 Å². The Balaban J connectivity index is 0.00000116. The SMILES string of the molecule is CC.CC(C)OCC12CCCN1C(COC(=O)N(C)C)CC2. The third-order valence-corrected chi connectivity index (χ3v) is 4.48. The highest BCUT2D eigenvalue weighted by molar-refractivity contribution is 5.66. The molecule has 0 aromatic heterocycles. The minimum absolute atomic E-state index is 0.194. The number of hydrogen-bond donors (Lipinski definition) is 0. The molecule has 2 fully saturated rings. The van der Waals surface area contributed by atoms with Crippen LogP contribution in [0.1, 0.15) is 53.4 Å². The Kier molecular flexibility index (Phi) is 7.63. The molecule has 0 aliphatic carbocycles. The lowest BCUT2D eigenvalue weighted by Crippen LogP contribution is -2.47. The third kappa shape index (κ3) is 4.59. The smallest absolute Gasteiger partial charge is 0.409 e. The molecule has 2 rings (SSSR count). The number of nitrogens with zero attached hydrogens (tertiary/aromatic N) is 2. The zero-order valence-corrected chi connectivity index (χ0v) is 15.2. The van der Waals surface area contributed by atoms with Crippen LogP contribution in [0.4, 0.5) is 4.79 Å². The Bertz CT molecular complexity index is 347. The van der Waals surface area contributed by atoms with E-state index in [0.29, 0.717) is 12.6 Å². The van der Waals surface area contributed by atoms with E-state index in [0.717, 1.165) is 26.0 Å². The summed E-state index contributed by atoms with van der Waals surface area (Å²) in [7, 11) is 3.43. The Morgan fingerprint density at radius 2 is 2.00 bits per heavy atom. The van der Waals surface area contributed by atoms with Crippen molar-refractivity contribution < 1.29 is 14.3 Å². The molecular weight excluding hydrogens is 280 g/mol. The summed E-state index contributed by atoms with van der Waals surface area (Å²) in [5.41, 5.74) is 0.194. The lowest BCUT2D eigenvalue weighted by atomic mass is 9.95. The number of ether oxygens (including phenoxy) is 2. The molecule has 2 unspecified atom stereocenters. The number of rotatable bonds is 5. The maximum atomic E-state index is 11.5. The summed E-state index contributed by atoms with van der Waals surface area (Å²) in [6.45, 7) is 10.6. The molecule has 5 nitrogen and oxygen atoms in total. The molecule has 2 atom stereocenters. The lowest BCUT2D eigenvalue weighted by Gasteiger charge is -2.35. The summed E-state index contributed by atoms with van der Waals surface area (Å²) in [4.78, 5) is 15.6. The summed E-state index contributed by atoms with van der Waals surface area (Å²) in [6, 6.07) is 0.358. The number of hydrogen-bond acceptors (Lipinski definition) is 4. The van der Waals surface area contributed by atoms with Crippen molar-refractivity contribution in [2.24, 2.45) is 0 Å². The zero-order chi connectivity index (χ0) is 16.8. The van der Waals surface area contributed by atoms with E-state index in [-0.39, 0.29) is 17.7 Å². The Hall–Kier alpha value is -0.810. The molecule has 2 aliphatic rings. The molecule has 0 radical (unpaired) electrons. The van der Waals surface area contributed by atoms with Gasteiger partial charge in [0.2, 0.25) is 0 Å². The van der Waals surface area contributed by atoms with Crippen LogP contribution in [0.3, 0.4) is 0 Å². The van der Waals surface area contributed by atoms with Crippen molar-refractivity contribution >= 4 is 6.09 Å². The van der Waals surface area contributed by atoms with Gasteiger partial charge in [0.25, 0.3) is 0 Å². The summed E-state index contributed by atoms with van der Waals surface area (Å²) in [5, 5.41) is 0. The molecule has 2 saturated heterocycles. The summed E-state index contributed by atoms with van der Waals surface area (Å²) < 4.78 is 11.3. The summed E-state index contributed by atoms with van der Waals surface area (Å²) >= 11 is 0. The van der Waals surface area contributed by atoms with Gasteiger partial charge in [-0.1, -0.05) is 13.8 Å². The molecule has 130 valence electrons. The number of amides is 1. The van der Waals surface area contributed by atoms with E-state index < -0.39 is 0 Å². The fraction of sp³-hybridized carbons (Fsp3) is 0.941. The number of carbonyl (C=O) groups excluding carboxylic acids is 1. The Labute approximate surface area is 135 Å². The van der Waals surface area contributed by atoms with Crippen LogP contribution in [0, 0.1) is 0 Å². The first-order chi connectivity index (χ1) is 10.4. The quantitative estimate of drug-likeness (QED) is 0.782. The van der Waals surface area contributed by atoms with E-state index in [2.05, 4.69) is 18.7 Å². The van der Waals surface area contributed by atoms with Crippen LogP contribution in [0.25, 0.3) is 0 Å². The molecule has 0 bridgehead atoms. The molecular formula is C17H34N2O3. The summed E-state index contributed by atoms with van der Waals surface area (Å²) in [5.74, 6) is 0. The van der Waals surface area contributed by atoms with Crippen molar-refractivity contribution in [3.8, 4) is 0 Å². The molecule has 0 spiro atoms. The van der Waals surface area contributed by atoms with Crippen LogP contribution in [0.2, 0.25) is 0 Å². The van der Waals surface area contributed by atoms with Crippen molar-refractivity contribution in [1.29, 1.82) is 0 Å². The van der Waals surface area contributed by atoms with Gasteiger partial charge in [0.15, 0.2) is 0 Å². The van der Waals surface area contributed by atoms with Crippen molar-refractivity contribution in [3.63, 3.8) is 0 Å². The van der Waals surface area contributed by atoms with E-state index in [1.54, 1.807) is 14.1 Å². The topological polar surface area (TPSA) is 42.0 Å². The fourth-order valence-corrected chi connectivity index (χ4v) is 3.41. The molecule has 0 saturated carbocycles. The average molecular weight is 314 g/mol. The second-order valence-electron chi connectivity index (χ2n) is 6.54. The molecule has 22 heavy (non-hydrogen) atoms. The minimum Gasteiger partial charge on any atom is -0.448 e. The lowest BCUT2D eigenvalue weighted by molar-refractivity contribution is -0.0121. The van der Waals surface area contributed by atoms with E-state index in [1.807, 2.05) is 13.8 Å². The monoisotopic (exact) mass is 314 g/mol. The van der Waals surface area contributed by atoms with Gasteiger partial charge in [-0.25, -0.2) is 4.79 Å². The number of carbonyl (C=O) groups is 1. The van der Waals surface area contributed by atoms with Crippen molar-refractivity contribution in [3.05, 3.63) is 0 Å². The Morgan fingerprint density at radius 3 is 2.59 bits per heavy atom. The zero-order valence-electron chi connectivity index (χ0n) is 15.2. The summed E-state index contributed by atoms with van der Waals surface area (Å²) in [6.07, 6.45) is 4.71. The van der Waals surface area contributed by atoms with E-state index in [9.17, 15) is 4.79 Å². The standard InChI is InChI=1S/C15H28N2O3.C2H6/c1-12(2)20-11-15-7-5-9-17(15)13(6-8-15)10-19-14(18)16(3)4;1-2/h12-13H,5-11H2,1-4H3;1-2H3. The first-order valence-corrected chi connectivity index (χ1v) is 8.67. The molecule has 2 aliphatic heterocycles. The van der Waals surface area contributed by atoms with E-state index in [4.69, 9.17) is 9.47 Å². The average Bonchev–Trinajstić information content (AvgIpc) is 3.04. The van der Waals surface area contributed by atoms with Gasteiger partial charge in [-0.05, 0) is 46.1 Å². The van der Waals surface area contributed by atoms with Gasteiger partial charge < -0.3 is 14.4 Å². The van der Waals surface area contributed by atoms with Crippen molar-refractivity contribution in [1.82, 2.24) is 9.80 Å². The normalized spacial score (nSPS) is 27.3. The van der Waals surface area contributed by atoms with Crippen LogP contribution >= 0.6 is 0 Å². The van der Waals surface area contributed by atoms with Crippen LogP contribution in [0.5, 0.6) is 0 Å². The fourth-order valence-electron chi connectivity index (χ4n) is 3.41. The predicted molar refractivity (Wildman–Crippen MR) is 89.2 cm³/mol. The van der Waals surface area contributed by atoms with E-state index >= 15 is 0 Å². The molecule has 2 heterocycles. The molecule has 0 aromatic carbocycles. The van der Waals surface area contributed by atoms with Gasteiger partial charge in [-0.15, -0.1) is 0 Å². The molecule has 1 amide bonds. The van der Waals surface area contributed by atoms with Gasteiger partial charge >= 0.3 is 6.09 Å². The van der Waals surface area contributed by atoms with Crippen LogP contribution in [0.15, 0.2) is 0 Å². The Morgan fingerprint density at radius 1 is 1.32 bits per heavy atom. The highest BCUT2D eigenvalue weighted by Gasteiger charge is 2.49. The van der Waals surface area contributed by atoms with Crippen LogP contribution in [-0.2, 0) is 9.47 Å². The van der Waals surface area contributed by atoms with Gasteiger partial charge in [0, 0.05) is 25.7 Å². The predicted octanol–water partition coefficient (Wildman–Crippen LogP) is 3.13. The van der Waals surface area contributed by atoms with Crippen LogP contribution < -0.4 is 0 Å². The van der Waals surface area contributed by atoms with Gasteiger partial charge in [0.1, 0.15) is 6.61 Å². The largest absolute Gasteiger partial charge is 0.448 e. The maximum Gasteiger partial charge on any atom is 0.409 e. The first-order valence-electron chi connectivity index (χ1n) is 8.67. The van der Waals surface area contributed by atoms with Crippen molar-refractivity contribution in [2.75, 3.05) is 33.9 Å². The second kappa shape index (κ2) is 8.73. The van der Waals surface area contributed by atoms with Gasteiger partial charge in [-0.3, -0.25) is 4.90 Å². The van der Waals surface area contributed by atoms with Gasteiger partial charge in [-0.2, -0.15) is 0 Å². The maximum absolute atomic E-state index is 11.5. The van der Waals surface area contributed by atoms with E-state index in [1.165, 1.54) is 17.7 Å². The molecule has 5 heteroatoms. The second-order valence-corrected chi connectivity index (χ2v) is 6.54. The first kappa shape index (κ1) is 19.2. The number of fused-ring (bicyclic) bond motifs is 1. The van der Waals surface area contributed by atoms with Crippen molar-refractivity contribution in [2.45, 2.75) is 71.1 Å². The molecule has 0 aromatic rings. The third-order valence-electron chi connectivity index (χ3n) is 4.48. The minimum atomic E-state index is -0.250. The van der Waals surface area contributed by atoms with Crippen LogP contribution in [-0.4, -0.2) is 67.4 Å². The highest BCUT2D eigenvalue weighted by atomic mass is 16.6. The molecule has 0 N–H and O–H groups in total.